The molecule has 2 atom stereocenters. The van der Waals surface area contributed by atoms with E-state index in [1.54, 1.807) is 16.7 Å². The molecule has 1 unspecified atom stereocenters. The van der Waals surface area contributed by atoms with Crippen LogP contribution in [0.3, 0.4) is 0 Å². The molecule has 13 heteroatoms. The summed E-state index contributed by atoms with van der Waals surface area (Å²) in [5.41, 5.74) is 7.28. The zero-order chi connectivity index (χ0) is 36.6. The van der Waals surface area contributed by atoms with Crippen LogP contribution in [-0.4, -0.2) is 73.8 Å². The van der Waals surface area contributed by atoms with Gasteiger partial charge >= 0.3 is 0 Å². The molecule has 1 aliphatic rings. The summed E-state index contributed by atoms with van der Waals surface area (Å²) in [6, 6.07) is 26.0. The summed E-state index contributed by atoms with van der Waals surface area (Å²) >= 11 is 1.40. The third-order valence-electron chi connectivity index (χ3n) is 7.88. The average Bonchev–Trinajstić information content (AvgIpc) is 3.83. The maximum atomic E-state index is 13.1. The van der Waals surface area contributed by atoms with E-state index in [1.807, 2.05) is 92.7 Å². The molecular formula is C38H47N7O5S. The molecule has 0 radical (unpaired) electrons. The van der Waals surface area contributed by atoms with Crippen LogP contribution in [0.5, 0.6) is 0 Å². The maximum Gasteiger partial charge on any atom is 0.270 e. The number of hydroxylamine groups is 1. The second-order valence-corrected chi connectivity index (χ2v) is 12.9. The van der Waals surface area contributed by atoms with Crippen LogP contribution in [0.4, 0.5) is 0 Å². The number of fused-ring (bicyclic) bond motifs is 2. The van der Waals surface area contributed by atoms with Crippen molar-refractivity contribution >= 4 is 51.5 Å². The van der Waals surface area contributed by atoms with Gasteiger partial charge in [-0.05, 0) is 61.0 Å². The Labute approximate surface area is 302 Å². The van der Waals surface area contributed by atoms with Gasteiger partial charge in [-0.2, -0.15) is 5.10 Å². The van der Waals surface area contributed by atoms with Crippen molar-refractivity contribution in [2.24, 2.45) is 5.73 Å². The molecule has 0 bridgehead atoms. The number of aromatic amines is 1. The van der Waals surface area contributed by atoms with Crippen LogP contribution < -0.4 is 16.4 Å². The van der Waals surface area contributed by atoms with Gasteiger partial charge in [0.15, 0.2) is 0 Å². The molecule has 6 rings (SSSR count). The second kappa shape index (κ2) is 20.1. The Morgan fingerprint density at radius 2 is 1.69 bits per heavy atom. The minimum atomic E-state index is -0.975. The zero-order valence-corrected chi connectivity index (χ0v) is 30.1. The number of pyridine rings is 1. The van der Waals surface area contributed by atoms with Gasteiger partial charge in [0, 0.05) is 22.6 Å². The van der Waals surface area contributed by atoms with Crippen molar-refractivity contribution < 1.29 is 24.3 Å². The second-order valence-electron chi connectivity index (χ2n) is 11.9. The van der Waals surface area contributed by atoms with Gasteiger partial charge < -0.3 is 21.5 Å². The lowest BCUT2D eigenvalue weighted by molar-refractivity contribution is -0.139. The van der Waals surface area contributed by atoms with Crippen LogP contribution >= 0.6 is 11.9 Å². The number of nitrogens with zero attached hydrogens (tertiary/aromatic N) is 3. The van der Waals surface area contributed by atoms with E-state index in [0.717, 1.165) is 52.4 Å². The van der Waals surface area contributed by atoms with E-state index in [1.165, 1.54) is 18.9 Å². The number of H-pyrrole nitrogens is 1. The molecule has 6 N–H and O–H groups in total. The standard InChI is InChI=1S/C34H36N6O4S.C2H5NO.C2H6/c41-32(22-40(44-26-11-5-6-12-26)45-27-16-14-25-20-36-39-30(25)19-27)31(18-23-8-2-1-3-9-23)38-33(42)21-35-34(43)29-17-15-24-10-4-7-13-28(24)37-29;1-2(3)4;1-2/h1-4,7-10,13-17,19-20,26,31-32,41H,5-6,11-12,18,21-22H2,(H,35,43)(H,36,39)(H,38,42);1H3,(H2,3,4);1-2H3/t31?,32-;;/m1../s1. The number of aliphatic hydroxyl groups is 1. The fourth-order valence-electron chi connectivity index (χ4n) is 5.49. The quantitative estimate of drug-likeness (QED) is 0.0798. The SMILES string of the molecule is CC.CC(N)=O.O=C(CNC(=O)c1ccc2ccccc2n1)NC(Cc1ccccc1)[C@H](O)CN(OC1CCCC1)Sc1ccc2cn[nH]c2c1. The van der Waals surface area contributed by atoms with Crippen LogP contribution in [-0.2, 0) is 20.8 Å². The van der Waals surface area contributed by atoms with Gasteiger partial charge in [-0.25, -0.2) is 4.98 Å². The summed E-state index contributed by atoms with van der Waals surface area (Å²) in [5, 5.41) is 26.2. The largest absolute Gasteiger partial charge is 0.389 e. The predicted octanol–water partition coefficient (Wildman–Crippen LogP) is 5.33. The van der Waals surface area contributed by atoms with Gasteiger partial charge in [0.25, 0.3) is 5.91 Å². The van der Waals surface area contributed by atoms with Crippen LogP contribution in [0, 0.1) is 0 Å². The number of amides is 3. The smallest absolute Gasteiger partial charge is 0.270 e. The predicted molar refractivity (Wildman–Crippen MR) is 200 cm³/mol. The number of hydrogen-bond donors (Lipinski definition) is 5. The lowest BCUT2D eigenvalue weighted by atomic mass is 10.0. The zero-order valence-electron chi connectivity index (χ0n) is 29.2. The van der Waals surface area contributed by atoms with Crippen LogP contribution in [0.15, 0.2) is 96.0 Å². The molecule has 2 heterocycles. The van der Waals surface area contributed by atoms with Crippen molar-refractivity contribution in [3.63, 3.8) is 0 Å². The van der Waals surface area contributed by atoms with Crippen molar-refractivity contribution in [2.45, 2.75) is 76.0 Å². The Hall–Kier alpha value is -4.82. The van der Waals surface area contributed by atoms with Crippen molar-refractivity contribution in [1.29, 1.82) is 0 Å². The molecule has 270 valence electrons. The van der Waals surface area contributed by atoms with Crippen molar-refractivity contribution in [3.05, 3.63) is 102 Å². The molecular weight excluding hydrogens is 667 g/mol. The number of aliphatic hydroxyl groups excluding tert-OH is 1. The summed E-state index contributed by atoms with van der Waals surface area (Å²) < 4.78 is 1.73. The Morgan fingerprint density at radius 3 is 2.43 bits per heavy atom. The third-order valence-corrected chi connectivity index (χ3v) is 8.78. The van der Waals surface area contributed by atoms with Gasteiger partial charge in [-0.3, -0.25) is 24.3 Å². The van der Waals surface area contributed by atoms with E-state index in [2.05, 4.69) is 31.5 Å². The van der Waals surface area contributed by atoms with E-state index in [-0.39, 0.29) is 30.8 Å². The number of carbonyl (C=O) groups is 3. The summed E-state index contributed by atoms with van der Waals surface area (Å²) in [7, 11) is 0. The van der Waals surface area contributed by atoms with Crippen molar-refractivity contribution in [2.75, 3.05) is 13.1 Å². The number of primary amides is 1. The Bertz CT molecular complexity index is 1840. The number of para-hydroxylation sites is 1. The first-order valence-corrected chi connectivity index (χ1v) is 18.0. The fourth-order valence-corrected chi connectivity index (χ4v) is 6.41. The van der Waals surface area contributed by atoms with Gasteiger partial charge in [-0.1, -0.05) is 87.4 Å². The highest BCUT2D eigenvalue weighted by Gasteiger charge is 2.28. The fraction of sp³-hybridized carbons (Fsp3) is 0.342. The average molecular weight is 714 g/mol. The van der Waals surface area contributed by atoms with Gasteiger partial charge in [0.05, 0.1) is 48.6 Å². The van der Waals surface area contributed by atoms with Crippen molar-refractivity contribution in [1.82, 2.24) is 30.3 Å². The lowest BCUT2D eigenvalue weighted by Crippen LogP contribution is -2.51. The molecule has 51 heavy (non-hydrogen) atoms. The van der Waals surface area contributed by atoms with Crippen LogP contribution in [0.1, 0.15) is 62.5 Å². The van der Waals surface area contributed by atoms with Crippen LogP contribution in [0.25, 0.3) is 21.8 Å². The maximum absolute atomic E-state index is 13.1. The highest BCUT2D eigenvalue weighted by atomic mass is 32.2. The van der Waals surface area contributed by atoms with Crippen molar-refractivity contribution in [3.8, 4) is 0 Å². The first-order valence-electron chi connectivity index (χ1n) is 17.2. The number of nitrogens with two attached hydrogens (primary N) is 1. The molecule has 2 aromatic heterocycles. The van der Waals surface area contributed by atoms with E-state index in [9.17, 15) is 19.5 Å². The monoisotopic (exact) mass is 713 g/mol. The summed E-state index contributed by atoms with van der Waals surface area (Å²) in [6.45, 7) is 5.19. The van der Waals surface area contributed by atoms with Gasteiger partial charge in [0.2, 0.25) is 11.8 Å². The first-order chi connectivity index (χ1) is 24.7. The number of benzene rings is 3. The number of nitrogens with one attached hydrogen (secondary N) is 3. The lowest BCUT2D eigenvalue weighted by Gasteiger charge is -2.30. The topological polar surface area (TPSA) is 176 Å². The minimum absolute atomic E-state index is 0.0710. The van der Waals surface area contributed by atoms with Gasteiger partial charge in [-0.15, -0.1) is 4.47 Å². The van der Waals surface area contributed by atoms with E-state index >= 15 is 0 Å². The Morgan fingerprint density at radius 1 is 1.00 bits per heavy atom. The molecule has 1 fully saturated rings. The molecule has 0 spiro atoms. The number of rotatable bonds is 13. The first kappa shape index (κ1) is 39.0. The van der Waals surface area contributed by atoms with E-state index in [0.29, 0.717) is 11.9 Å². The van der Waals surface area contributed by atoms with Crippen LogP contribution in [0.2, 0.25) is 0 Å². The summed E-state index contributed by atoms with van der Waals surface area (Å²) in [5.74, 6) is -1.19. The number of hydrogen-bond acceptors (Lipinski definition) is 9. The molecule has 3 aromatic carbocycles. The molecule has 3 amide bonds. The normalized spacial score (nSPS) is 13.8. The number of carbonyl (C=O) groups excluding carboxylic acids is 3. The molecule has 0 aliphatic heterocycles. The third kappa shape index (κ3) is 12.5. The Balaban J connectivity index is 0.000000909. The molecule has 12 nitrogen and oxygen atoms in total. The van der Waals surface area contributed by atoms with E-state index in [4.69, 9.17) is 4.84 Å². The molecule has 1 aliphatic carbocycles. The number of aromatic nitrogens is 3. The van der Waals surface area contributed by atoms with E-state index < -0.39 is 24.0 Å². The highest BCUT2D eigenvalue weighted by Crippen LogP contribution is 2.30. The molecule has 5 aromatic rings. The van der Waals surface area contributed by atoms with Gasteiger partial charge in [0.1, 0.15) is 5.69 Å². The highest BCUT2D eigenvalue weighted by molar-refractivity contribution is 7.97. The molecule has 1 saturated carbocycles. The summed E-state index contributed by atoms with van der Waals surface area (Å²) in [6.07, 6.45) is 5.41. The molecule has 0 saturated heterocycles. The Kier molecular flexibility index (Phi) is 15.4. The summed E-state index contributed by atoms with van der Waals surface area (Å²) in [4.78, 5) is 46.9. The minimum Gasteiger partial charge on any atom is -0.389 e.